The minimum Gasteiger partial charge on any atom is -0.275 e. The van der Waals surface area contributed by atoms with Crippen LogP contribution < -0.4 is 0 Å². The molecule has 0 aliphatic rings. The van der Waals surface area contributed by atoms with Crippen LogP contribution in [0.1, 0.15) is 26.5 Å². The largest absolute Gasteiger partial charge is 0.349 e. The van der Waals surface area contributed by atoms with E-state index < -0.39 is 15.2 Å². The van der Waals surface area contributed by atoms with Crippen LogP contribution in [0.25, 0.3) is 4.96 Å². The van der Waals surface area contributed by atoms with E-state index in [2.05, 4.69) is 4.98 Å². The van der Waals surface area contributed by atoms with Gasteiger partial charge in [-0.2, -0.15) is 8.42 Å². The molecule has 0 radical (unpaired) electrons. The van der Waals surface area contributed by atoms with Gasteiger partial charge < -0.3 is 0 Å². The maximum absolute atomic E-state index is 13.0. The lowest BCUT2D eigenvalue weighted by atomic mass is 9.93. The van der Waals surface area contributed by atoms with Gasteiger partial charge in [-0.25, -0.2) is 4.98 Å². The molecule has 7 heteroatoms. The average Bonchev–Trinajstić information content (AvgIpc) is 2.54. The number of imidazole rings is 1. The highest BCUT2D eigenvalue weighted by Crippen LogP contribution is 2.30. The normalized spacial score (nSPS) is 13.5. The summed E-state index contributed by atoms with van der Waals surface area (Å²) in [5, 5.41) is 1.41. The van der Waals surface area contributed by atoms with Crippen LogP contribution >= 0.6 is 11.3 Å². The Morgan fingerprint density at radius 2 is 2.06 bits per heavy atom. The molecule has 0 aromatic carbocycles. The molecule has 0 aliphatic heterocycles. The smallest absolute Gasteiger partial charge is 0.275 e. The van der Waals surface area contributed by atoms with Gasteiger partial charge in [0.2, 0.25) is 0 Å². The van der Waals surface area contributed by atoms with Crippen molar-refractivity contribution in [2.24, 2.45) is 0 Å². The van der Waals surface area contributed by atoms with Crippen LogP contribution in [-0.4, -0.2) is 17.8 Å². The number of nitrogens with zero attached hydrogens (tertiary/aromatic N) is 2. The van der Waals surface area contributed by atoms with Crippen LogP contribution in [0.4, 0.5) is 3.89 Å². The van der Waals surface area contributed by atoms with Crippen molar-refractivity contribution in [3.8, 4) is 0 Å². The zero-order chi connectivity index (χ0) is 12.1. The molecular formula is C9H11FN2O2S2. The van der Waals surface area contributed by atoms with Crippen molar-refractivity contribution >= 4 is 26.5 Å². The van der Waals surface area contributed by atoms with E-state index in [1.54, 1.807) is 5.38 Å². The summed E-state index contributed by atoms with van der Waals surface area (Å²) in [6.07, 6.45) is 1.05. The summed E-state index contributed by atoms with van der Waals surface area (Å²) in [6.45, 7) is 5.80. The fraction of sp³-hybridized carbons (Fsp3) is 0.444. The van der Waals surface area contributed by atoms with Gasteiger partial charge in [-0.05, 0) is 0 Å². The van der Waals surface area contributed by atoms with Gasteiger partial charge in [-0.15, -0.1) is 11.3 Å². The first-order valence-corrected chi connectivity index (χ1v) is 6.87. The van der Waals surface area contributed by atoms with Crippen LogP contribution in [0.3, 0.4) is 0 Å². The standard InChI is InChI=1S/C9H11FN2O2S2/c1-9(2,3)6-5-15-8-11-4-7(12(6)8)16(10,13)14/h4-5H,1-3H3. The summed E-state index contributed by atoms with van der Waals surface area (Å²) in [5.41, 5.74) is 0.472. The van der Waals surface area contributed by atoms with Crippen molar-refractivity contribution < 1.29 is 12.3 Å². The van der Waals surface area contributed by atoms with E-state index in [0.717, 1.165) is 11.9 Å². The summed E-state index contributed by atoms with van der Waals surface area (Å²) < 4.78 is 36.3. The van der Waals surface area contributed by atoms with Crippen molar-refractivity contribution in [1.29, 1.82) is 0 Å². The third kappa shape index (κ3) is 1.73. The molecule has 0 amide bonds. The third-order valence-electron chi connectivity index (χ3n) is 2.23. The molecule has 16 heavy (non-hydrogen) atoms. The Morgan fingerprint density at radius 1 is 1.44 bits per heavy atom. The first-order chi connectivity index (χ1) is 7.21. The summed E-state index contributed by atoms with van der Waals surface area (Å²) in [4.78, 5) is 4.37. The zero-order valence-electron chi connectivity index (χ0n) is 9.06. The first-order valence-electron chi connectivity index (χ1n) is 4.61. The second-order valence-electron chi connectivity index (χ2n) is 4.52. The summed E-state index contributed by atoms with van der Waals surface area (Å²) in [6, 6.07) is 0. The van der Waals surface area contributed by atoms with Crippen molar-refractivity contribution in [3.05, 3.63) is 17.3 Å². The maximum atomic E-state index is 13.0. The average molecular weight is 262 g/mol. The summed E-state index contributed by atoms with van der Waals surface area (Å²) in [7, 11) is -4.73. The maximum Gasteiger partial charge on any atom is 0.349 e. The molecule has 0 aliphatic carbocycles. The summed E-state index contributed by atoms with van der Waals surface area (Å²) in [5.74, 6) is 0. The number of fused-ring (bicyclic) bond motifs is 1. The Bertz CT molecular complexity index is 634. The van der Waals surface area contributed by atoms with Crippen molar-refractivity contribution in [1.82, 2.24) is 9.38 Å². The Kier molecular flexibility index (Phi) is 2.36. The van der Waals surface area contributed by atoms with E-state index in [0.29, 0.717) is 4.96 Å². The summed E-state index contributed by atoms with van der Waals surface area (Å²) >= 11 is 1.30. The predicted molar refractivity (Wildman–Crippen MR) is 60.1 cm³/mol. The third-order valence-corrected chi connectivity index (χ3v) is 3.86. The molecule has 0 atom stereocenters. The molecule has 0 N–H and O–H groups in total. The molecule has 0 fully saturated rings. The Balaban J connectivity index is 2.85. The number of hydrogen-bond donors (Lipinski definition) is 0. The van der Waals surface area contributed by atoms with Gasteiger partial charge in [0.05, 0.1) is 6.20 Å². The highest BCUT2D eigenvalue weighted by Gasteiger charge is 2.26. The molecule has 0 bridgehead atoms. The fourth-order valence-corrected chi connectivity index (χ4v) is 3.20. The number of aromatic nitrogens is 2. The molecule has 0 unspecified atom stereocenters. The van der Waals surface area contributed by atoms with E-state index in [1.807, 2.05) is 20.8 Å². The van der Waals surface area contributed by atoms with Crippen LogP contribution in [0, 0.1) is 0 Å². The second-order valence-corrected chi connectivity index (χ2v) is 6.65. The zero-order valence-corrected chi connectivity index (χ0v) is 10.7. The molecule has 88 valence electrons. The highest BCUT2D eigenvalue weighted by atomic mass is 32.3. The Morgan fingerprint density at radius 3 is 2.56 bits per heavy atom. The monoisotopic (exact) mass is 262 g/mol. The van der Waals surface area contributed by atoms with Crippen LogP contribution in [0.5, 0.6) is 0 Å². The van der Waals surface area contributed by atoms with Gasteiger partial charge in [0, 0.05) is 16.5 Å². The lowest BCUT2D eigenvalue weighted by Gasteiger charge is -2.17. The predicted octanol–water partition coefficient (Wildman–Crippen LogP) is 2.35. The lowest BCUT2D eigenvalue weighted by molar-refractivity contribution is 0.533. The molecular weight excluding hydrogens is 251 g/mol. The minimum atomic E-state index is -4.73. The van der Waals surface area contributed by atoms with Gasteiger partial charge in [-0.1, -0.05) is 24.7 Å². The first kappa shape index (κ1) is 11.5. The van der Waals surface area contributed by atoms with E-state index >= 15 is 0 Å². The van der Waals surface area contributed by atoms with E-state index in [4.69, 9.17) is 0 Å². The Hall–Kier alpha value is -0.950. The van der Waals surface area contributed by atoms with Gasteiger partial charge in [0.25, 0.3) is 0 Å². The molecule has 2 heterocycles. The van der Waals surface area contributed by atoms with Crippen LogP contribution in [-0.2, 0) is 15.6 Å². The topological polar surface area (TPSA) is 51.4 Å². The Labute approximate surface area is 97.0 Å². The van der Waals surface area contributed by atoms with Crippen molar-refractivity contribution in [2.75, 3.05) is 0 Å². The van der Waals surface area contributed by atoms with Gasteiger partial charge in [-0.3, -0.25) is 4.40 Å². The molecule has 0 spiro atoms. The molecule has 2 rings (SSSR count). The molecule has 0 saturated carbocycles. The lowest BCUT2D eigenvalue weighted by Crippen LogP contribution is -2.15. The SMILES string of the molecule is CC(C)(C)c1csc2ncc(S(=O)(=O)F)n12. The second kappa shape index (κ2) is 3.27. The van der Waals surface area contributed by atoms with E-state index in [9.17, 15) is 12.3 Å². The highest BCUT2D eigenvalue weighted by molar-refractivity contribution is 7.86. The number of halogens is 1. The molecule has 2 aromatic rings. The molecule has 4 nitrogen and oxygen atoms in total. The van der Waals surface area contributed by atoms with Crippen LogP contribution in [0.15, 0.2) is 16.6 Å². The minimum absolute atomic E-state index is 0.265. The van der Waals surface area contributed by atoms with E-state index in [-0.39, 0.29) is 5.41 Å². The van der Waals surface area contributed by atoms with Crippen LogP contribution in [0.2, 0.25) is 0 Å². The van der Waals surface area contributed by atoms with Crippen molar-refractivity contribution in [2.45, 2.75) is 31.2 Å². The number of thiazole rings is 1. The number of rotatable bonds is 1. The fourth-order valence-electron chi connectivity index (χ4n) is 1.47. The van der Waals surface area contributed by atoms with Crippen molar-refractivity contribution in [3.63, 3.8) is 0 Å². The quantitative estimate of drug-likeness (QED) is 0.741. The van der Waals surface area contributed by atoms with Gasteiger partial charge >= 0.3 is 10.2 Å². The van der Waals surface area contributed by atoms with Gasteiger partial charge in [0.15, 0.2) is 9.99 Å². The van der Waals surface area contributed by atoms with Gasteiger partial charge in [0.1, 0.15) is 0 Å². The molecule has 2 aromatic heterocycles. The van der Waals surface area contributed by atoms with E-state index in [1.165, 1.54) is 15.7 Å². The molecule has 0 saturated heterocycles. The number of hydrogen-bond acceptors (Lipinski definition) is 4.